The molecule has 1 fully saturated rings. The van der Waals surface area contributed by atoms with E-state index in [1.807, 2.05) is 0 Å². The van der Waals surface area contributed by atoms with Gasteiger partial charge >= 0.3 is 0 Å². The Morgan fingerprint density at radius 3 is 2.26 bits per heavy atom. The third kappa shape index (κ3) is 4.65. The van der Waals surface area contributed by atoms with Crippen molar-refractivity contribution in [1.82, 2.24) is 0 Å². The normalized spacial score (nSPS) is 19.1. The highest BCUT2D eigenvalue weighted by atomic mass is 14.6. The van der Waals surface area contributed by atoms with Gasteiger partial charge in [-0.3, -0.25) is 0 Å². The van der Waals surface area contributed by atoms with Gasteiger partial charge in [-0.05, 0) is 29.9 Å². The van der Waals surface area contributed by atoms with Gasteiger partial charge in [0.15, 0.2) is 0 Å². The summed E-state index contributed by atoms with van der Waals surface area (Å²) in [7, 11) is 0. The Bertz CT molecular complexity index is 346. The van der Waals surface area contributed by atoms with Crippen LogP contribution in [-0.4, -0.2) is 0 Å². The predicted octanol–water partition coefficient (Wildman–Crippen LogP) is 5.00. The molecule has 0 spiro atoms. The summed E-state index contributed by atoms with van der Waals surface area (Å²) in [4.78, 5) is 0. The van der Waals surface area contributed by atoms with Crippen LogP contribution in [0.25, 0.3) is 0 Å². The predicted molar refractivity (Wildman–Crippen MR) is 83.2 cm³/mol. The lowest BCUT2D eigenvalue weighted by atomic mass is 9.89. The third-order valence-corrected chi connectivity index (χ3v) is 4.51. The molecular formula is C18H29N. The Balaban J connectivity index is 1.89. The van der Waals surface area contributed by atoms with Gasteiger partial charge in [-0.15, -0.1) is 0 Å². The van der Waals surface area contributed by atoms with Crippen LogP contribution in [0.4, 0.5) is 0 Å². The van der Waals surface area contributed by atoms with Crippen LogP contribution in [0.1, 0.15) is 75.5 Å². The molecule has 0 heterocycles. The van der Waals surface area contributed by atoms with Crippen molar-refractivity contribution in [2.45, 2.75) is 70.8 Å². The monoisotopic (exact) mass is 259 g/mol. The first-order valence-corrected chi connectivity index (χ1v) is 8.14. The van der Waals surface area contributed by atoms with Crippen molar-refractivity contribution in [3.05, 3.63) is 35.4 Å². The molecule has 1 aliphatic rings. The summed E-state index contributed by atoms with van der Waals surface area (Å²) in [5, 5.41) is 0. The van der Waals surface area contributed by atoms with Crippen LogP contribution in [-0.2, 0) is 6.42 Å². The molecule has 0 bridgehead atoms. The summed E-state index contributed by atoms with van der Waals surface area (Å²) in [5.41, 5.74) is 9.16. The van der Waals surface area contributed by atoms with Gasteiger partial charge in [0, 0.05) is 6.04 Å². The maximum absolute atomic E-state index is 6.40. The van der Waals surface area contributed by atoms with E-state index in [0.717, 1.165) is 5.92 Å². The summed E-state index contributed by atoms with van der Waals surface area (Å²) in [6, 6.07) is 9.23. The molecule has 1 atom stereocenters. The molecule has 1 nitrogen and oxygen atoms in total. The van der Waals surface area contributed by atoms with Crippen molar-refractivity contribution in [2.24, 2.45) is 11.7 Å². The Kier molecular flexibility index (Phi) is 5.91. The molecule has 1 aromatic rings. The SMILES string of the molecule is CCCc1ccc(C(N)CC2CCCCCC2)cc1. The molecule has 0 saturated heterocycles. The topological polar surface area (TPSA) is 26.0 Å². The molecule has 19 heavy (non-hydrogen) atoms. The molecule has 0 radical (unpaired) electrons. The molecule has 2 N–H and O–H groups in total. The molecule has 1 unspecified atom stereocenters. The zero-order valence-electron chi connectivity index (χ0n) is 12.4. The van der Waals surface area contributed by atoms with Crippen LogP contribution < -0.4 is 5.73 Å². The minimum atomic E-state index is 0.235. The van der Waals surface area contributed by atoms with Gasteiger partial charge in [0.2, 0.25) is 0 Å². The molecule has 1 saturated carbocycles. The fourth-order valence-corrected chi connectivity index (χ4v) is 3.31. The first-order valence-electron chi connectivity index (χ1n) is 8.14. The largest absolute Gasteiger partial charge is 0.324 e. The molecule has 1 heteroatoms. The van der Waals surface area contributed by atoms with Crippen molar-refractivity contribution >= 4 is 0 Å². The quantitative estimate of drug-likeness (QED) is 0.740. The fourth-order valence-electron chi connectivity index (χ4n) is 3.31. The Morgan fingerprint density at radius 2 is 1.68 bits per heavy atom. The standard InChI is InChI=1S/C18H29N/c1-2-7-15-10-12-17(13-11-15)18(19)14-16-8-5-3-4-6-9-16/h10-13,16,18H,2-9,14,19H2,1H3. The Labute approximate surface area is 118 Å². The lowest BCUT2D eigenvalue weighted by Gasteiger charge is -2.19. The Morgan fingerprint density at radius 1 is 1.05 bits per heavy atom. The minimum absolute atomic E-state index is 0.235. The van der Waals surface area contributed by atoms with E-state index in [4.69, 9.17) is 5.73 Å². The second-order valence-corrected chi connectivity index (χ2v) is 6.19. The highest BCUT2D eigenvalue weighted by Crippen LogP contribution is 2.30. The van der Waals surface area contributed by atoms with Crippen LogP contribution in [0.15, 0.2) is 24.3 Å². The van der Waals surface area contributed by atoms with Gasteiger partial charge in [-0.25, -0.2) is 0 Å². The van der Waals surface area contributed by atoms with Crippen molar-refractivity contribution in [2.75, 3.05) is 0 Å². The number of nitrogens with two attached hydrogens (primary N) is 1. The molecule has 106 valence electrons. The van der Waals surface area contributed by atoms with Crippen LogP contribution in [0, 0.1) is 5.92 Å². The number of aryl methyl sites for hydroxylation is 1. The zero-order valence-corrected chi connectivity index (χ0v) is 12.4. The average Bonchev–Trinajstić information content (AvgIpc) is 2.68. The Hall–Kier alpha value is -0.820. The summed E-state index contributed by atoms with van der Waals surface area (Å²) in [6.07, 6.45) is 12.0. The molecule has 0 aromatic heterocycles. The van der Waals surface area contributed by atoms with Crippen LogP contribution in [0.3, 0.4) is 0 Å². The van der Waals surface area contributed by atoms with Gasteiger partial charge in [0.05, 0.1) is 0 Å². The lowest BCUT2D eigenvalue weighted by molar-refractivity contribution is 0.393. The van der Waals surface area contributed by atoms with Gasteiger partial charge in [-0.2, -0.15) is 0 Å². The maximum atomic E-state index is 6.40. The second-order valence-electron chi connectivity index (χ2n) is 6.19. The fraction of sp³-hybridized carbons (Fsp3) is 0.667. The lowest BCUT2D eigenvalue weighted by Crippen LogP contribution is -2.15. The molecule has 0 amide bonds. The number of benzene rings is 1. The van der Waals surface area contributed by atoms with Crippen LogP contribution in [0.2, 0.25) is 0 Å². The number of hydrogen-bond acceptors (Lipinski definition) is 1. The first kappa shape index (κ1) is 14.6. The number of hydrogen-bond donors (Lipinski definition) is 1. The van der Waals surface area contributed by atoms with E-state index in [2.05, 4.69) is 31.2 Å². The molecule has 1 aromatic carbocycles. The van der Waals surface area contributed by atoms with E-state index in [9.17, 15) is 0 Å². The van der Waals surface area contributed by atoms with E-state index in [0.29, 0.717) is 0 Å². The van der Waals surface area contributed by atoms with Crippen molar-refractivity contribution in [3.8, 4) is 0 Å². The zero-order chi connectivity index (χ0) is 13.5. The molecular weight excluding hydrogens is 230 g/mol. The van der Waals surface area contributed by atoms with Crippen LogP contribution >= 0.6 is 0 Å². The first-order chi connectivity index (χ1) is 9.29. The smallest absolute Gasteiger partial charge is 0.0297 e. The molecule has 2 rings (SSSR count). The minimum Gasteiger partial charge on any atom is -0.324 e. The van der Waals surface area contributed by atoms with E-state index in [1.165, 1.54) is 68.9 Å². The summed E-state index contributed by atoms with van der Waals surface area (Å²) in [6.45, 7) is 2.23. The van der Waals surface area contributed by atoms with Crippen molar-refractivity contribution in [3.63, 3.8) is 0 Å². The number of rotatable bonds is 5. The molecule has 0 aliphatic heterocycles. The van der Waals surface area contributed by atoms with E-state index < -0.39 is 0 Å². The summed E-state index contributed by atoms with van der Waals surface area (Å²) < 4.78 is 0. The second kappa shape index (κ2) is 7.69. The maximum Gasteiger partial charge on any atom is 0.0297 e. The summed E-state index contributed by atoms with van der Waals surface area (Å²) in [5.74, 6) is 0.854. The highest BCUT2D eigenvalue weighted by molar-refractivity contribution is 5.25. The van der Waals surface area contributed by atoms with Crippen molar-refractivity contribution in [1.29, 1.82) is 0 Å². The summed E-state index contributed by atoms with van der Waals surface area (Å²) >= 11 is 0. The van der Waals surface area contributed by atoms with Gasteiger partial charge in [-0.1, -0.05) is 76.1 Å². The highest BCUT2D eigenvalue weighted by Gasteiger charge is 2.16. The van der Waals surface area contributed by atoms with Gasteiger partial charge < -0.3 is 5.73 Å². The van der Waals surface area contributed by atoms with E-state index in [-0.39, 0.29) is 6.04 Å². The van der Waals surface area contributed by atoms with E-state index in [1.54, 1.807) is 0 Å². The average molecular weight is 259 g/mol. The molecule has 1 aliphatic carbocycles. The van der Waals surface area contributed by atoms with Gasteiger partial charge in [0.25, 0.3) is 0 Å². The van der Waals surface area contributed by atoms with Crippen molar-refractivity contribution < 1.29 is 0 Å². The third-order valence-electron chi connectivity index (χ3n) is 4.51. The van der Waals surface area contributed by atoms with E-state index >= 15 is 0 Å². The van der Waals surface area contributed by atoms with Crippen LogP contribution in [0.5, 0.6) is 0 Å². The van der Waals surface area contributed by atoms with Gasteiger partial charge in [0.1, 0.15) is 0 Å².